The molecule has 6 N–H and O–H groups in total. The predicted molar refractivity (Wildman–Crippen MR) is 117 cm³/mol. The highest BCUT2D eigenvalue weighted by atomic mass is 31.2. The number of alkyl halides is 3. The number of rotatable bonds is 10. The highest BCUT2D eigenvalue weighted by Gasteiger charge is 2.45. The van der Waals surface area contributed by atoms with Crippen LogP contribution in [0.1, 0.15) is 17.4 Å². The second kappa shape index (κ2) is 11.3. The predicted octanol–water partition coefficient (Wildman–Crippen LogP) is 0.762. The van der Waals surface area contributed by atoms with E-state index in [9.17, 15) is 42.2 Å². The van der Waals surface area contributed by atoms with Crippen molar-refractivity contribution in [1.82, 2.24) is 9.55 Å². The molecule has 0 bridgehead atoms. The standard InChI is InChI=1S/C18H22F3N3O11P2/c19-18(20,21)11-3-1-10(2-4-11)7-33-23-13-5-6-24(17(27)22-13)16-15(26)14(25)12(35-16)8-34-37(31,32)9-36(28,29)30/h1-6,12,14-16,25-26H,7-9H2,(H,31,32)(H,22,23,27)(H2,28,29,30)/t12-,14-,15-,16-/m1/s1. The third kappa shape index (κ3) is 8.15. The Morgan fingerprint density at radius 1 is 1.08 bits per heavy atom. The van der Waals surface area contributed by atoms with Gasteiger partial charge in [-0.3, -0.25) is 18.5 Å². The number of aliphatic hydroxyl groups excluding tert-OH is 2. The van der Waals surface area contributed by atoms with Gasteiger partial charge in [-0.05, 0) is 23.8 Å². The summed E-state index contributed by atoms with van der Waals surface area (Å²) in [6.07, 6.45) is -9.69. The first-order chi connectivity index (χ1) is 17.1. The van der Waals surface area contributed by atoms with Crippen molar-refractivity contribution in [2.24, 2.45) is 0 Å². The molecule has 1 aliphatic rings. The Morgan fingerprint density at radius 3 is 2.30 bits per heavy atom. The molecule has 0 aliphatic carbocycles. The van der Waals surface area contributed by atoms with Crippen LogP contribution < -0.4 is 11.2 Å². The molecule has 2 aromatic rings. The van der Waals surface area contributed by atoms with E-state index in [4.69, 9.17) is 19.4 Å². The molecule has 0 radical (unpaired) electrons. The lowest BCUT2D eigenvalue weighted by Crippen LogP contribution is -2.36. The summed E-state index contributed by atoms with van der Waals surface area (Å²) in [5.74, 6) is -1.56. The smallest absolute Gasteiger partial charge is 0.387 e. The molecule has 0 saturated carbocycles. The van der Waals surface area contributed by atoms with E-state index in [-0.39, 0.29) is 12.4 Å². The van der Waals surface area contributed by atoms with E-state index >= 15 is 0 Å². The molecule has 3 rings (SSSR count). The molecule has 1 aliphatic heterocycles. The third-order valence-electron chi connectivity index (χ3n) is 4.94. The minimum absolute atomic E-state index is 0.0975. The van der Waals surface area contributed by atoms with Crippen LogP contribution in [0, 0.1) is 0 Å². The van der Waals surface area contributed by atoms with Gasteiger partial charge in [-0.25, -0.2) is 10.3 Å². The molecule has 1 aromatic heterocycles. The number of hydrogen-bond acceptors (Lipinski definition) is 10. The summed E-state index contributed by atoms with van der Waals surface area (Å²) in [6.45, 7) is -1.000. The van der Waals surface area contributed by atoms with Crippen molar-refractivity contribution in [3.8, 4) is 0 Å². The fourth-order valence-corrected chi connectivity index (χ4v) is 5.78. The van der Waals surface area contributed by atoms with E-state index in [1.807, 2.05) is 0 Å². The minimum Gasteiger partial charge on any atom is -0.387 e. The second-order valence-corrected chi connectivity index (χ2v) is 11.9. The average Bonchev–Trinajstić information content (AvgIpc) is 3.04. The number of anilines is 1. The summed E-state index contributed by atoms with van der Waals surface area (Å²) >= 11 is 0. The Kier molecular flexibility index (Phi) is 8.97. The Morgan fingerprint density at radius 2 is 1.73 bits per heavy atom. The van der Waals surface area contributed by atoms with Gasteiger partial charge >= 0.3 is 27.1 Å². The van der Waals surface area contributed by atoms with Gasteiger partial charge in [0.1, 0.15) is 18.3 Å². The van der Waals surface area contributed by atoms with Crippen LogP contribution in [0.4, 0.5) is 19.0 Å². The van der Waals surface area contributed by atoms with Gasteiger partial charge in [0.05, 0.1) is 18.8 Å². The van der Waals surface area contributed by atoms with Crippen molar-refractivity contribution in [2.45, 2.75) is 37.3 Å². The maximum absolute atomic E-state index is 12.6. The van der Waals surface area contributed by atoms with Crippen molar-refractivity contribution in [3.63, 3.8) is 0 Å². The minimum atomic E-state index is -4.88. The summed E-state index contributed by atoms with van der Waals surface area (Å²) < 4.78 is 71.2. The maximum Gasteiger partial charge on any atom is 0.416 e. The van der Waals surface area contributed by atoms with E-state index in [1.165, 1.54) is 18.2 Å². The first-order valence-corrected chi connectivity index (χ1v) is 13.8. The Labute approximate surface area is 205 Å². The van der Waals surface area contributed by atoms with Crippen LogP contribution >= 0.6 is 15.2 Å². The molecule has 0 spiro atoms. The molecule has 206 valence electrons. The summed E-state index contributed by atoms with van der Waals surface area (Å²) in [5.41, 5.74) is 0.935. The number of nitrogens with zero attached hydrogens (tertiary/aromatic N) is 2. The molecular formula is C18H22F3N3O11P2. The Balaban J connectivity index is 1.58. The number of halogens is 3. The lowest BCUT2D eigenvalue weighted by Gasteiger charge is -2.18. The van der Waals surface area contributed by atoms with E-state index in [2.05, 4.69) is 15.0 Å². The summed E-state index contributed by atoms with van der Waals surface area (Å²) in [4.78, 5) is 48.3. The number of hydrogen-bond donors (Lipinski definition) is 6. The van der Waals surface area contributed by atoms with E-state index in [1.54, 1.807) is 0 Å². The molecule has 1 fully saturated rings. The maximum atomic E-state index is 12.6. The highest BCUT2D eigenvalue weighted by Crippen LogP contribution is 2.55. The summed E-state index contributed by atoms with van der Waals surface area (Å²) in [7, 11) is -9.64. The van der Waals surface area contributed by atoms with Crippen LogP contribution in [0.5, 0.6) is 0 Å². The first-order valence-electron chi connectivity index (χ1n) is 10.2. The van der Waals surface area contributed by atoms with E-state index in [0.717, 1.165) is 22.9 Å². The first kappa shape index (κ1) is 29.4. The lowest BCUT2D eigenvalue weighted by molar-refractivity contribution is -0.137. The van der Waals surface area contributed by atoms with Crippen LogP contribution in [-0.2, 0) is 36.0 Å². The van der Waals surface area contributed by atoms with Crippen LogP contribution in [0.2, 0.25) is 0 Å². The Bertz CT molecular complexity index is 1240. The largest absolute Gasteiger partial charge is 0.416 e. The number of aromatic nitrogens is 2. The van der Waals surface area contributed by atoms with Crippen molar-refractivity contribution in [2.75, 3.05) is 18.0 Å². The van der Waals surface area contributed by atoms with Gasteiger partial charge in [0, 0.05) is 6.20 Å². The van der Waals surface area contributed by atoms with Crippen molar-refractivity contribution in [3.05, 3.63) is 58.1 Å². The van der Waals surface area contributed by atoms with Gasteiger partial charge in [-0.1, -0.05) is 12.1 Å². The number of ether oxygens (including phenoxy) is 1. The monoisotopic (exact) mass is 575 g/mol. The molecule has 37 heavy (non-hydrogen) atoms. The number of aliphatic hydroxyl groups is 2. The Hall–Kier alpha value is -2.17. The van der Waals surface area contributed by atoms with Gasteiger partial charge in [0.15, 0.2) is 17.9 Å². The van der Waals surface area contributed by atoms with Crippen LogP contribution in [0.25, 0.3) is 0 Å². The molecule has 1 aromatic carbocycles. The van der Waals surface area contributed by atoms with Gasteiger partial charge in [-0.2, -0.15) is 18.2 Å². The van der Waals surface area contributed by atoms with Crippen molar-refractivity contribution in [1.29, 1.82) is 0 Å². The van der Waals surface area contributed by atoms with Crippen molar-refractivity contribution < 1.29 is 61.3 Å². The third-order valence-corrected chi connectivity index (χ3v) is 8.40. The fraction of sp³-hybridized carbons (Fsp3) is 0.444. The van der Waals surface area contributed by atoms with Crippen LogP contribution in [0.3, 0.4) is 0 Å². The SMILES string of the molecule is O=c1nc(NOCc2ccc(C(F)(F)F)cc2)ccn1[C@@H]1O[C@H](COP(=O)(O)CP(=O)(O)O)[C@@H](O)[C@H]1O. The zero-order valence-corrected chi connectivity index (χ0v) is 20.3. The lowest BCUT2D eigenvalue weighted by atomic mass is 10.1. The molecule has 2 heterocycles. The molecule has 1 saturated heterocycles. The molecule has 0 amide bonds. The molecule has 5 atom stereocenters. The van der Waals surface area contributed by atoms with Gasteiger partial charge in [0.2, 0.25) is 0 Å². The van der Waals surface area contributed by atoms with Crippen LogP contribution in [-0.4, -0.2) is 65.3 Å². The van der Waals surface area contributed by atoms with E-state index in [0.29, 0.717) is 5.56 Å². The molecular weight excluding hydrogens is 553 g/mol. The zero-order chi connectivity index (χ0) is 27.6. The number of benzene rings is 1. The quantitative estimate of drug-likeness (QED) is 0.171. The molecule has 19 heteroatoms. The second-order valence-electron chi connectivity index (χ2n) is 7.87. The fourth-order valence-electron chi connectivity index (χ4n) is 3.21. The van der Waals surface area contributed by atoms with Gasteiger partial charge < -0.3 is 34.2 Å². The van der Waals surface area contributed by atoms with Gasteiger partial charge in [-0.15, -0.1) is 0 Å². The van der Waals surface area contributed by atoms with Gasteiger partial charge in [0.25, 0.3) is 0 Å². The summed E-state index contributed by atoms with van der Waals surface area (Å²) in [5, 5.41) is 20.4. The zero-order valence-electron chi connectivity index (χ0n) is 18.5. The number of nitrogens with one attached hydrogen (secondary N) is 1. The van der Waals surface area contributed by atoms with Crippen molar-refractivity contribution >= 4 is 21.0 Å². The van der Waals surface area contributed by atoms with E-state index < -0.39 is 69.7 Å². The molecule has 1 unspecified atom stereocenters. The topological polar surface area (TPSA) is 210 Å². The highest BCUT2D eigenvalue weighted by molar-refractivity contribution is 7.70. The summed E-state index contributed by atoms with van der Waals surface area (Å²) in [6, 6.07) is 5.41. The molecule has 14 nitrogen and oxygen atoms in total. The normalized spacial score (nSPS) is 24.1. The van der Waals surface area contributed by atoms with Crippen LogP contribution in [0.15, 0.2) is 41.3 Å². The average molecular weight is 575 g/mol.